The number of rotatable bonds is 2. The third-order valence-corrected chi connectivity index (χ3v) is 9.03. The van der Waals surface area contributed by atoms with Gasteiger partial charge in [-0.1, -0.05) is 56.3 Å². The van der Waals surface area contributed by atoms with Gasteiger partial charge in [0.15, 0.2) is 0 Å². The lowest BCUT2D eigenvalue weighted by atomic mass is 9.77. The largest absolute Gasteiger partial charge is 0.252 e. The molecule has 30 heavy (non-hydrogen) atoms. The highest BCUT2D eigenvalue weighted by atomic mass is 14.8. The van der Waals surface area contributed by atoms with Crippen molar-refractivity contribution in [2.24, 2.45) is 0 Å². The molecule has 0 aliphatic heterocycles. The van der Waals surface area contributed by atoms with E-state index in [4.69, 9.17) is 4.98 Å². The van der Waals surface area contributed by atoms with Crippen molar-refractivity contribution in [1.29, 1.82) is 0 Å². The Morgan fingerprint density at radius 3 is 2.40 bits per heavy atom. The Kier molecular flexibility index (Phi) is 3.25. The van der Waals surface area contributed by atoms with Gasteiger partial charge >= 0.3 is 0 Å². The smallest absolute Gasteiger partial charge is 0.0711 e. The lowest BCUT2D eigenvalue weighted by Crippen LogP contribution is -2.18. The normalized spacial score (nSPS) is 32.5. The minimum Gasteiger partial charge on any atom is -0.252 e. The van der Waals surface area contributed by atoms with Gasteiger partial charge in [0.05, 0.1) is 5.69 Å². The summed E-state index contributed by atoms with van der Waals surface area (Å²) in [6, 6.07) is 20.7. The molecule has 0 spiro atoms. The highest BCUT2D eigenvalue weighted by molar-refractivity contribution is 5.77. The minimum atomic E-state index is 0.359. The zero-order valence-electron chi connectivity index (χ0n) is 18.0. The molecule has 1 heteroatoms. The zero-order chi connectivity index (χ0) is 20.1. The first-order valence-corrected chi connectivity index (χ1v) is 11.8. The topological polar surface area (TPSA) is 12.9 Å². The SMILES string of the molecule is CC12CC[C@](C)(C1)c1cc(-c3cc(-c4ccccc4)c4c(n3)C3CCC4C3)ccc12. The molecule has 1 heterocycles. The molecule has 2 fully saturated rings. The molecule has 4 atom stereocenters. The van der Waals surface area contributed by atoms with Crippen LogP contribution in [-0.4, -0.2) is 4.98 Å². The van der Waals surface area contributed by atoms with Gasteiger partial charge in [0, 0.05) is 17.2 Å². The van der Waals surface area contributed by atoms with Crippen LogP contribution in [0.25, 0.3) is 22.4 Å². The highest BCUT2D eigenvalue weighted by Crippen LogP contribution is 2.61. The van der Waals surface area contributed by atoms with E-state index in [0.29, 0.717) is 16.7 Å². The molecule has 4 aliphatic rings. The summed E-state index contributed by atoms with van der Waals surface area (Å²) in [6.45, 7) is 4.96. The van der Waals surface area contributed by atoms with E-state index in [0.717, 1.165) is 5.92 Å². The molecular formula is C29H29N. The predicted octanol–water partition coefficient (Wildman–Crippen LogP) is 7.49. The van der Waals surface area contributed by atoms with E-state index in [1.165, 1.54) is 66.6 Å². The second kappa shape index (κ2) is 5.63. The van der Waals surface area contributed by atoms with Crippen LogP contribution in [0.4, 0.5) is 0 Å². The molecule has 0 amide bonds. The fourth-order valence-electron chi connectivity index (χ4n) is 7.59. The van der Waals surface area contributed by atoms with E-state index in [1.807, 2.05) is 0 Å². The average Bonchev–Trinajstić information content (AvgIpc) is 3.51. The molecule has 1 nitrogen and oxygen atoms in total. The van der Waals surface area contributed by atoms with Gasteiger partial charge in [-0.05, 0) is 95.2 Å². The van der Waals surface area contributed by atoms with Crippen molar-refractivity contribution in [3.63, 3.8) is 0 Å². The Morgan fingerprint density at radius 1 is 0.800 bits per heavy atom. The summed E-state index contributed by atoms with van der Waals surface area (Å²) in [5, 5.41) is 0. The molecule has 150 valence electrons. The second-order valence-corrected chi connectivity index (χ2v) is 11.0. The second-order valence-electron chi connectivity index (χ2n) is 11.0. The summed E-state index contributed by atoms with van der Waals surface area (Å²) in [6.07, 6.45) is 7.96. The third kappa shape index (κ3) is 2.16. The van der Waals surface area contributed by atoms with E-state index in [-0.39, 0.29) is 0 Å². The first kappa shape index (κ1) is 17.3. The Labute approximate surface area is 179 Å². The minimum absolute atomic E-state index is 0.359. The summed E-state index contributed by atoms with van der Waals surface area (Å²) in [4.78, 5) is 5.32. The average molecular weight is 392 g/mol. The van der Waals surface area contributed by atoms with Gasteiger partial charge in [-0.25, -0.2) is 0 Å². The van der Waals surface area contributed by atoms with Crippen molar-refractivity contribution in [1.82, 2.24) is 4.98 Å². The van der Waals surface area contributed by atoms with E-state index in [2.05, 4.69) is 68.4 Å². The van der Waals surface area contributed by atoms with E-state index in [1.54, 1.807) is 16.7 Å². The standard InChI is InChI=1S/C29H29N/c1-28-12-13-29(2,17-28)24-15-19(10-11-23(24)28)25-16-22(18-6-4-3-5-7-18)26-20-8-9-21(14-20)27(26)30-25/h3-7,10-11,15-16,20-21H,8-9,12-14,17H2,1-2H3/t20?,21?,28?,29-/m1/s1. The van der Waals surface area contributed by atoms with Crippen LogP contribution in [-0.2, 0) is 10.8 Å². The molecule has 3 unspecified atom stereocenters. The van der Waals surface area contributed by atoms with Crippen molar-refractivity contribution in [2.45, 2.75) is 75.0 Å². The molecule has 2 aromatic carbocycles. The lowest BCUT2D eigenvalue weighted by Gasteiger charge is -2.27. The van der Waals surface area contributed by atoms with Gasteiger partial charge in [0.25, 0.3) is 0 Å². The monoisotopic (exact) mass is 391 g/mol. The van der Waals surface area contributed by atoms with E-state index >= 15 is 0 Å². The van der Waals surface area contributed by atoms with Gasteiger partial charge in [-0.2, -0.15) is 0 Å². The van der Waals surface area contributed by atoms with Crippen LogP contribution in [0.3, 0.4) is 0 Å². The number of aromatic nitrogens is 1. The fourth-order valence-corrected chi connectivity index (χ4v) is 7.59. The van der Waals surface area contributed by atoms with Crippen LogP contribution in [0.15, 0.2) is 54.6 Å². The van der Waals surface area contributed by atoms with Crippen LogP contribution >= 0.6 is 0 Å². The molecule has 3 aromatic rings. The number of hydrogen-bond donors (Lipinski definition) is 0. The Bertz CT molecular complexity index is 1190. The zero-order valence-corrected chi connectivity index (χ0v) is 18.0. The van der Waals surface area contributed by atoms with Gasteiger partial charge in [-0.3, -0.25) is 4.98 Å². The van der Waals surface area contributed by atoms with Gasteiger partial charge in [0.1, 0.15) is 0 Å². The molecule has 1 aromatic heterocycles. The lowest BCUT2D eigenvalue weighted by molar-refractivity contribution is 0.484. The van der Waals surface area contributed by atoms with Crippen LogP contribution in [0.5, 0.6) is 0 Å². The van der Waals surface area contributed by atoms with Gasteiger partial charge in [-0.15, -0.1) is 0 Å². The van der Waals surface area contributed by atoms with E-state index < -0.39 is 0 Å². The summed E-state index contributed by atoms with van der Waals surface area (Å²) in [5.41, 5.74) is 12.2. The quantitative estimate of drug-likeness (QED) is 0.441. The van der Waals surface area contributed by atoms with Gasteiger partial charge < -0.3 is 0 Å². The number of fused-ring (bicyclic) bond motifs is 10. The number of pyridine rings is 1. The molecule has 2 saturated carbocycles. The maximum absolute atomic E-state index is 5.32. The van der Waals surface area contributed by atoms with Gasteiger partial charge in [0.2, 0.25) is 0 Å². The van der Waals surface area contributed by atoms with Crippen molar-refractivity contribution >= 4 is 0 Å². The summed E-state index contributed by atoms with van der Waals surface area (Å²) in [5.74, 6) is 1.39. The summed E-state index contributed by atoms with van der Waals surface area (Å²) in [7, 11) is 0. The maximum Gasteiger partial charge on any atom is 0.0711 e. The third-order valence-electron chi connectivity index (χ3n) is 9.03. The summed E-state index contributed by atoms with van der Waals surface area (Å²) >= 11 is 0. The Hall–Kier alpha value is -2.41. The van der Waals surface area contributed by atoms with Crippen LogP contribution in [0.1, 0.15) is 86.6 Å². The highest BCUT2D eigenvalue weighted by Gasteiger charge is 2.52. The molecular weight excluding hydrogens is 362 g/mol. The Morgan fingerprint density at radius 2 is 1.57 bits per heavy atom. The van der Waals surface area contributed by atoms with Crippen LogP contribution < -0.4 is 0 Å². The first-order valence-electron chi connectivity index (χ1n) is 11.8. The molecule has 4 bridgehead atoms. The fraction of sp³-hybridized carbons (Fsp3) is 0.414. The first-order chi connectivity index (χ1) is 14.5. The number of benzene rings is 2. The van der Waals surface area contributed by atoms with Crippen molar-refractivity contribution in [2.75, 3.05) is 0 Å². The molecule has 7 rings (SSSR count). The summed E-state index contributed by atoms with van der Waals surface area (Å²) < 4.78 is 0. The van der Waals surface area contributed by atoms with Crippen molar-refractivity contribution < 1.29 is 0 Å². The van der Waals surface area contributed by atoms with Crippen LogP contribution in [0.2, 0.25) is 0 Å². The van der Waals surface area contributed by atoms with Crippen molar-refractivity contribution in [3.05, 3.63) is 77.0 Å². The molecule has 0 saturated heterocycles. The number of hydrogen-bond acceptors (Lipinski definition) is 1. The number of nitrogens with zero attached hydrogens (tertiary/aromatic N) is 1. The molecule has 0 radical (unpaired) electrons. The predicted molar refractivity (Wildman–Crippen MR) is 123 cm³/mol. The van der Waals surface area contributed by atoms with E-state index in [9.17, 15) is 0 Å². The van der Waals surface area contributed by atoms with Crippen molar-refractivity contribution in [3.8, 4) is 22.4 Å². The molecule has 0 N–H and O–H groups in total. The van der Waals surface area contributed by atoms with Crippen LogP contribution in [0, 0.1) is 0 Å². The Balaban J connectivity index is 1.43. The molecule has 4 aliphatic carbocycles. The maximum atomic E-state index is 5.32.